The summed E-state index contributed by atoms with van der Waals surface area (Å²) in [7, 11) is 0. The predicted octanol–water partition coefficient (Wildman–Crippen LogP) is 5.17. The number of aromatic hydroxyl groups is 1. The van der Waals surface area contributed by atoms with Crippen LogP contribution in [0.2, 0.25) is 5.02 Å². The number of aromatic nitrogens is 1. The average molecular weight is 391 g/mol. The van der Waals surface area contributed by atoms with E-state index in [9.17, 15) is 9.90 Å². The molecule has 0 saturated heterocycles. The fourth-order valence-corrected chi connectivity index (χ4v) is 3.41. The molecule has 0 aliphatic heterocycles. The van der Waals surface area contributed by atoms with Gasteiger partial charge in [-0.05, 0) is 65.6 Å². The first-order valence-corrected chi connectivity index (χ1v) is 9.41. The van der Waals surface area contributed by atoms with Crippen LogP contribution in [-0.2, 0) is 6.42 Å². The molecule has 4 nitrogen and oxygen atoms in total. The molecule has 0 unspecified atom stereocenters. The Hall–Kier alpha value is -3.24. The lowest BCUT2D eigenvalue weighted by atomic mass is 10.0. The molecule has 1 amide bonds. The SMILES string of the molecule is O=C(NCCc1c[nH]c2ccc(Cl)cc12)c1ccc(-c2ccc(O)cc2)cc1. The van der Waals surface area contributed by atoms with Crippen LogP contribution in [0.25, 0.3) is 22.0 Å². The van der Waals surface area contributed by atoms with Gasteiger partial charge in [-0.3, -0.25) is 4.79 Å². The maximum Gasteiger partial charge on any atom is 0.251 e. The van der Waals surface area contributed by atoms with Gasteiger partial charge in [0, 0.05) is 34.2 Å². The Morgan fingerprint density at radius 3 is 2.36 bits per heavy atom. The van der Waals surface area contributed by atoms with Crippen LogP contribution >= 0.6 is 11.6 Å². The van der Waals surface area contributed by atoms with Crippen LogP contribution in [0.3, 0.4) is 0 Å². The topological polar surface area (TPSA) is 65.1 Å². The number of benzene rings is 3. The first-order chi connectivity index (χ1) is 13.6. The molecule has 28 heavy (non-hydrogen) atoms. The van der Waals surface area contributed by atoms with Crippen molar-refractivity contribution in [3.63, 3.8) is 0 Å². The van der Waals surface area contributed by atoms with E-state index in [1.54, 1.807) is 12.1 Å². The highest BCUT2D eigenvalue weighted by atomic mass is 35.5. The quantitative estimate of drug-likeness (QED) is 0.440. The molecule has 0 spiro atoms. The lowest BCUT2D eigenvalue weighted by molar-refractivity contribution is 0.0954. The zero-order chi connectivity index (χ0) is 19.5. The molecule has 0 aliphatic carbocycles. The fourth-order valence-electron chi connectivity index (χ4n) is 3.24. The van der Waals surface area contributed by atoms with Gasteiger partial charge in [-0.1, -0.05) is 35.9 Å². The van der Waals surface area contributed by atoms with E-state index < -0.39 is 0 Å². The maximum atomic E-state index is 12.4. The largest absolute Gasteiger partial charge is 0.508 e. The van der Waals surface area contributed by atoms with Crippen LogP contribution in [0.4, 0.5) is 0 Å². The summed E-state index contributed by atoms with van der Waals surface area (Å²) in [6.45, 7) is 0.540. The minimum Gasteiger partial charge on any atom is -0.508 e. The number of amides is 1. The minimum absolute atomic E-state index is 0.102. The van der Waals surface area contributed by atoms with Gasteiger partial charge in [-0.2, -0.15) is 0 Å². The summed E-state index contributed by atoms with van der Waals surface area (Å²) >= 11 is 6.08. The molecule has 0 fully saturated rings. The number of hydrogen-bond donors (Lipinski definition) is 3. The van der Waals surface area contributed by atoms with Gasteiger partial charge in [0.15, 0.2) is 0 Å². The van der Waals surface area contributed by atoms with Crippen LogP contribution in [-0.4, -0.2) is 22.5 Å². The smallest absolute Gasteiger partial charge is 0.251 e. The Morgan fingerprint density at radius 2 is 1.64 bits per heavy atom. The Labute approximate surface area is 167 Å². The summed E-state index contributed by atoms with van der Waals surface area (Å²) in [5.41, 5.74) is 4.76. The first kappa shape index (κ1) is 18.1. The molecule has 0 bridgehead atoms. The van der Waals surface area contributed by atoms with E-state index in [0.717, 1.165) is 34.0 Å². The lowest BCUT2D eigenvalue weighted by Crippen LogP contribution is -2.25. The van der Waals surface area contributed by atoms with Crippen molar-refractivity contribution < 1.29 is 9.90 Å². The number of halogens is 1. The third-order valence-corrected chi connectivity index (χ3v) is 4.99. The van der Waals surface area contributed by atoms with Crippen LogP contribution in [0.1, 0.15) is 15.9 Å². The maximum absolute atomic E-state index is 12.4. The highest BCUT2D eigenvalue weighted by Gasteiger charge is 2.08. The molecule has 0 atom stereocenters. The summed E-state index contributed by atoms with van der Waals surface area (Å²) in [4.78, 5) is 15.6. The van der Waals surface area contributed by atoms with Gasteiger partial charge >= 0.3 is 0 Å². The van der Waals surface area contributed by atoms with Crippen LogP contribution in [0.15, 0.2) is 72.9 Å². The van der Waals surface area contributed by atoms with Gasteiger partial charge in [0.05, 0.1) is 0 Å². The number of carbonyl (C=O) groups excluding carboxylic acids is 1. The number of phenolic OH excluding ortho intramolecular Hbond substituents is 1. The first-order valence-electron chi connectivity index (χ1n) is 9.03. The summed E-state index contributed by atoms with van der Waals surface area (Å²) in [6.07, 6.45) is 2.68. The summed E-state index contributed by atoms with van der Waals surface area (Å²) < 4.78 is 0. The second kappa shape index (κ2) is 7.79. The second-order valence-electron chi connectivity index (χ2n) is 6.63. The van der Waals surface area contributed by atoms with Crippen LogP contribution in [0.5, 0.6) is 5.75 Å². The minimum atomic E-state index is -0.102. The number of rotatable bonds is 5. The molecule has 140 valence electrons. The monoisotopic (exact) mass is 390 g/mol. The van der Waals surface area contributed by atoms with E-state index in [2.05, 4.69) is 10.3 Å². The van der Waals surface area contributed by atoms with E-state index in [0.29, 0.717) is 17.1 Å². The molecule has 5 heteroatoms. The molecular weight excluding hydrogens is 372 g/mol. The lowest BCUT2D eigenvalue weighted by Gasteiger charge is -2.07. The number of fused-ring (bicyclic) bond motifs is 1. The third-order valence-electron chi connectivity index (χ3n) is 4.76. The number of H-pyrrole nitrogens is 1. The summed E-state index contributed by atoms with van der Waals surface area (Å²) in [5, 5.41) is 14.1. The van der Waals surface area contributed by atoms with E-state index >= 15 is 0 Å². The molecular formula is C23H19ClN2O2. The standard InChI is InChI=1S/C23H19ClN2O2/c24-19-7-10-22-21(13-19)18(14-26-22)11-12-25-23(28)17-3-1-15(2-4-17)16-5-8-20(27)9-6-16/h1-10,13-14,26-27H,11-12H2,(H,25,28). The molecule has 1 aromatic heterocycles. The highest BCUT2D eigenvalue weighted by Crippen LogP contribution is 2.23. The number of nitrogens with one attached hydrogen (secondary N) is 2. The average Bonchev–Trinajstić information content (AvgIpc) is 3.11. The van der Waals surface area contributed by atoms with Crippen molar-refractivity contribution in [3.05, 3.63) is 89.1 Å². The van der Waals surface area contributed by atoms with Gasteiger partial charge in [-0.25, -0.2) is 0 Å². The molecule has 0 radical (unpaired) electrons. The Morgan fingerprint density at radius 1 is 0.964 bits per heavy atom. The van der Waals surface area contributed by atoms with E-state index in [1.807, 2.05) is 60.8 Å². The van der Waals surface area contributed by atoms with Gasteiger partial charge < -0.3 is 15.4 Å². The Kier molecular flexibility index (Phi) is 5.04. The molecule has 3 aromatic carbocycles. The number of hydrogen-bond acceptors (Lipinski definition) is 2. The van der Waals surface area contributed by atoms with E-state index in [1.165, 1.54) is 0 Å². The number of phenols is 1. The molecule has 0 saturated carbocycles. The van der Waals surface area contributed by atoms with Crippen molar-refractivity contribution in [3.8, 4) is 16.9 Å². The van der Waals surface area contributed by atoms with Crippen molar-refractivity contribution in [2.24, 2.45) is 0 Å². The van der Waals surface area contributed by atoms with Crippen LogP contribution in [0, 0.1) is 0 Å². The van der Waals surface area contributed by atoms with E-state index in [-0.39, 0.29) is 11.7 Å². The zero-order valence-electron chi connectivity index (χ0n) is 15.1. The third kappa shape index (κ3) is 3.87. The van der Waals surface area contributed by atoms with Gasteiger partial charge in [0.2, 0.25) is 0 Å². The van der Waals surface area contributed by atoms with Crippen molar-refractivity contribution in [1.82, 2.24) is 10.3 Å². The molecule has 4 aromatic rings. The molecule has 3 N–H and O–H groups in total. The van der Waals surface area contributed by atoms with Gasteiger partial charge in [0.1, 0.15) is 5.75 Å². The molecule has 4 rings (SSSR count). The van der Waals surface area contributed by atoms with Crippen LogP contribution < -0.4 is 5.32 Å². The van der Waals surface area contributed by atoms with Crippen molar-refractivity contribution in [1.29, 1.82) is 0 Å². The van der Waals surface area contributed by atoms with Crippen molar-refractivity contribution in [2.45, 2.75) is 6.42 Å². The molecule has 0 aliphatic rings. The number of carbonyl (C=O) groups is 1. The molecule has 1 heterocycles. The Bertz CT molecular complexity index is 1120. The van der Waals surface area contributed by atoms with Crippen molar-refractivity contribution >= 4 is 28.4 Å². The number of aromatic amines is 1. The van der Waals surface area contributed by atoms with Crippen molar-refractivity contribution in [2.75, 3.05) is 6.54 Å². The summed E-state index contributed by atoms with van der Waals surface area (Å²) in [5.74, 6) is 0.132. The Balaban J connectivity index is 1.38. The van der Waals surface area contributed by atoms with E-state index in [4.69, 9.17) is 11.6 Å². The fraction of sp³-hybridized carbons (Fsp3) is 0.0870. The van der Waals surface area contributed by atoms with Gasteiger partial charge in [-0.15, -0.1) is 0 Å². The summed E-state index contributed by atoms with van der Waals surface area (Å²) in [6, 6.07) is 20.2. The normalized spacial score (nSPS) is 10.9. The second-order valence-corrected chi connectivity index (χ2v) is 7.07. The predicted molar refractivity (Wildman–Crippen MR) is 113 cm³/mol. The van der Waals surface area contributed by atoms with Gasteiger partial charge in [0.25, 0.3) is 5.91 Å². The zero-order valence-corrected chi connectivity index (χ0v) is 15.8. The highest BCUT2D eigenvalue weighted by molar-refractivity contribution is 6.31.